The lowest BCUT2D eigenvalue weighted by atomic mass is 9.85. The van der Waals surface area contributed by atoms with Crippen LogP contribution in [0, 0.1) is 35.4 Å². The molecule has 1 saturated heterocycles. The molecule has 7 rings (SSSR count). The Morgan fingerprint density at radius 1 is 1.13 bits per heavy atom. The maximum absolute atomic E-state index is 16.9. The van der Waals surface area contributed by atoms with Crippen molar-refractivity contribution in [2.24, 2.45) is 17.3 Å². The van der Waals surface area contributed by atoms with E-state index in [1.807, 2.05) is 4.90 Å². The Kier molecular flexibility index (Phi) is 7.68. The number of nitrogens with zero attached hydrogens (tertiary/aromatic N) is 5. The van der Waals surface area contributed by atoms with E-state index in [-0.39, 0.29) is 57.2 Å². The van der Waals surface area contributed by atoms with E-state index in [9.17, 15) is 9.50 Å². The summed E-state index contributed by atoms with van der Waals surface area (Å²) in [5, 5.41) is 10.9. The number of rotatable bonds is 12. The third-order valence-corrected chi connectivity index (χ3v) is 9.72. The fraction of sp³-hybridized carbons (Fsp3) is 0.417. The molecule has 1 aliphatic heterocycles. The Bertz CT molecular complexity index is 1810. The Labute approximate surface area is 267 Å². The predicted molar refractivity (Wildman–Crippen MR) is 174 cm³/mol. The van der Waals surface area contributed by atoms with E-state index in [1.54, 1.807) is 12.2 Å². The Morgan fingerprint density at radius 3 is 2.52 bits per heavy atom. The van der Waals surface area contributed by atoms with Crippen LogP contribution >= 0.6 is 0 Å². The van der Waals surface area contributed by atoms with Crippen molar-refractivity contribution in [3.63, 3.8) is 0 Å². The normalized spacial score (nSPS) is 20.9. The van der Waals surface area contributed by atoms with Gasteiger partial charge in [0.2, 0.25) is 5.88 Å². The van der Waals surface area contributed by atoms with Crippen molar-refractivity contribution in [3.05, 3.63) is 60.2 Å². The van der Waals surface area contributed by atoms with Crippen molar-refractivity contribution >= 4 is 22.3 Å². The van der Waals surface area contributed by atoms with Gasteiger partial charge in [-0.25, -0.2) is 13.8 Å². The van der Waals surface area contributed by atoms with Crippen LogP contribution < -0.4 is 14.4 Å². The summed E-state index contributed by atoms with van der Waals surface area (Å²) in [6.45, 7) is 12.2. The standard InChI is InChI=1S/C36H37F2N5O3/c1-5-12-43(13-6-2)33-29-32(40-35(41-33)46-20-36(10-11-36)19-42-17-22-14-23(22)18-42)30(38)31(39-34(29)45-4)26-16-24(44)15-21-8-9-27(37)25(7-3)28(21)26/h3,5-6,15-16,22-23,44H,1-2,8-14,17-20H2,4H3. The van der Waals surface area contributed by atoms with Crippen molar-refractivity contribution < 1.29 is 23.4 Å². The van der Waals surface area contributed by atoms with Crippen LogP contribution in [0.3, 0.4) is 0 Å². The molecule has 0 radical (unpaired) electrons. The molecule has 238 valence electrons. The molecule has 46 heavy (non-hydrogen) atoms. The number of piperidine rings is 1. The lowest BCUT2D eigenvalue weighted by molar-refractivity contribution is 0.163. The van der Waals surface area contributed by atoms with Crippen LogP contribution in [-0.4, -0.2) is 71.4 Å². The van der Waals surface area contributed by atoms with E-state index < -0.39 is 11.6 Å². The van der Waals surface area contributed by atoms with Gasteiger partial charge in [0.1, 0.15) is 34.0 Å². The molecule has 8 nitrogen and oxygen atoms in total. The first kappa shape index (κ1) is 30.2. The van der Waals surface area contributed by atoms with Crippen molar-refractivity contribution in [1.29, 1.82) is 0 Å². The van der Waals surface area contributed by atoms with Crippen molar-refractivity contribution in [2.75, 3.05) is 51.3 Å². The highest BCUT2D eigenvalue weighted by Gasteiger charge is 2.50. The van der Waals surface area contributed by atoms with Crippen molar-refractivity contribution in [3.8, 4) is 41.2 Å². The van der Waals surface area contributed by atoms with Gasteiger partial charge in [0, 0.05) is 55.7 Å². The van der Waals surface area contributed by atoms with Crippen LogP contribution in [0.5, 0.6) is 17.6 Å². The number of phenolic OH excluding ortho intramolecular Hbond substituents is 1. The number of aromatic nitrogens is 3. The van der Waals surface area contributed by atoms with E-state index in [0.717, 1.165) is 44.3 Å². The highest BCUT2D eigenvalue weighted by atomic mass is 19.1. The number of halogens is 2. The highest BCUT2D eigenvalue weighted by molar-refractivity contribution is 5.99. The van der Waals surface area contributed by atoms with Crippen LogP contribution in [0.1, 0.15) is 36.8 Å². The quantitative estimate of drug-likeness (QED) is 0.191. The van der Waals surface area contributed by atoms with Gasteiger partial charge >= 0.3 is 6.01 Å². The molecule has 0 spiro atoms. The topological polar surface area (TPSA) is 83.8 Å². The minimum Gasteiger partial charge on any atom is -0.508 e. The van der Waals surface area contributed by atoms with Gasteiger partial charge < -0.3 is 24.4 Å². The number of hydrogen-bond acceptors (Lipinski definition) is 8. The van der Waals surface area contributed by atoms with Crippen LogP contribution in [0.15, 0.2) is 43.3 Å². The Morgan fingerprint density at radius 2 is 1.87 bits per heavy atom. The zero-order chi connectivity index (χ0) is 32.2. The highest BCUT2D eigenvalue weighted by Crippen LogP contribution is 2.51. The van der Waals surface area contributed by atoms with Gasteiger partial charge in [0.25, 0.3) is 0 Å². The number of methoxy groups -OCH3 is 1. The van der Waals surface area contributed by atoms with Crippen molar-refractivity contribution in [2.45, 2.75) is 32.1 Å². The second-order valence-corrected chi connectivity index (χ2v) is 13.0. The van der Waals surface area contributed by atoms with Gasteiger partial charge in [0.15, 0.2) is 5.82 Å². The van der Waals surface area contributed by atoms with Crippen LogP contribution in [-0.2, 0) is 6.42 Å². The number of ether oxygens (including phenoxy) is 2. The number of anilines is 1. The van der Waals surface area contributed by atoms with Gasteiger partial charge in [-0.3, -0.25) is 0 Å². The number of aryl methyl sites for hydroxylation is 1. The summed E-state index contributed by atoms with van der Waals surface area (Å²) < 4.78 is 43.9. The summed E-state index contributed by atoms with van der Waals surface area (Å²) in [7, 11) is 1.42. The fourth-order valence-corrected chi connectivity index (χ4v) is 7.14. The molecule has 2 unspecified atom stereocenters. The second-order valence-electron chi connectivity index (χ2n) is 13.0. The van der Waals surface area contributed by atoms with Crippen LogP contribution in [0.4, 0.5) is 14.6 Å². The maximum Gasteiger partial charge on any atom is 0.319 e. The molecule has 1 N–H and O–H groups in total. The third-order valence-electron chi connectivity index (χ3n) is 9.72. The first-order chi connectivity index (χ1) is 22.3. The first-order valence-electron chi connectivity index (χ1n) is 15.8. The zero-order valence-electron chi connectivity index (χ0n) is 26.0. The van der Waals surface area contributed by atoms with Gasteiger partial charge in [-0.05, 0) is 55.2 Å². The van der Waals surface area contributed by atoms with Gasteiger partial charge in [-0.1, -0.05) is 18.1 Å². The summed E-state index contributed by atoms with van der Waals surface area (Å²) >= 11 is 0. The summed E-state index contributed by atoms with van der Waals surface area (Å²) in [6, 6.07) is 2.89. The van der Waals surface area contributed by atoms with Gasteiger partial charge in [-0.2, -0.15) is 9.97 Å². The van der Waals surface area contributed by atoms with E-state index in [2.05, 4.69) is 33.9 Å². The molecule has 2 aromatic heterocycles. The molecule has 1 aromatic carbocycles. The largest absolute Gasteiger partial charge is 0.508 e. The molecule has 4 aliphatic rings. The van der Waals surface area contributed by atoms with Gasteiger partial charge in [0.05, 0.1) is 19.3 Å². The van der Waals surface area contributed by atoms with Gasteiger partial charge in [-0.15, -0.1) is 19.6 Å². The molecule has 3 aromatic rings. The number of hydrogen-bond donors (Lipinski definition) is 1. The number of allylic oxidation sites excluding steroid dienone is 2. The Hall–Kier alpha value is -4.49. The third kappa shape index (κ3) is 5.36. The molecule has 10 heteroatoms. The number of benzene rings is 1. The van der Waals surface area contributed by atoms with E-state index in [1.165, 1.54) is 25.7 Å². The summed E-state index contributed by atoms with van der Waals surface area (Å²) in [6.07, 6.45) is 13.0. The molecule has 3 fully saturated rings. The first-order valence-corrected chi connectivity index (χ1v) is 15.8. The smallest absolute Gasteiger partial charge is 0.319 e. The SMILES string of the molecule is C#CC1=C(F)CCc2cc(O)cc(-c3nc(OC)c4c(N(CC=C)CC=C)nc(OCC5(CN6CC7CC7C6)CC5)nc4c3F)c21. The number of phenols is 1. The number of fused-ring (bicyclic) bond motifs is 3. The lowest BCUT2D eigenvalue weighted by Crippen LogP contribution is -2.33. The second kappa shape index (κ2) is 11.7. The van der Waals surface area contributed by atoms with E-state index >= 15 is 4.39 Å². The summed E-state index contributed by atoms with van der Waals surface area (Å²) in [5.74, 6) is 3.14. The summed E-state index contributed by atoms with van der Waals surface area (Å²) in [4.78, 5) is 18.3. The Balaban J connectivity index is 1.35. The molecular weight excluding hydrogens is 588 g/mol. The van der Waals surface area contributed by atoms with E-state index in [0.29, 0.717) is 43.1 Å². The predicted octanol–water partition coefficient (Wildman–Crippen LogP) is 6.09. The minimum absolute atomic E-state index is 0.0112. The monoisotopic (exact) mass is 625 g/mol. The minimum atomic E-state index is -0.797. The molecule has 0 bridgehead atoms. The fourth-order valence-electron chi connectivity index (χ4n) is 7.14. The number of likely N-dealkylation sites (tertiary alicyclic amines) is 1. The number of aromatic hydroxyl groups is 1. The zero-order valence-corrected chi connectivity index (χ0v) is 26.0. The van der Waals surface area contributed by atoms with Crippen molar-refractivity contribution in [1.82, 2.24) is 19.9 Å². The molecular formula is C36H37F2N5O3. The molecule has 3 aliphatic carbocycles. The molecule has 2 saturated carbocycles. The average molecular weight is 626 g/mol. The van der Waals surface area contributed by atoms with Crippen LogP contribution in [0.25, 0.3) is 27.7 Å². The number of pyridine rings is 1. The molecule has 3 heterocycles. The number of terminal acetylenes is 1. The van der Waals surface area contributed by atoms with Crippen LogP contribution in [0.2, 0.25) is 0 Å². The van der Waals surface area contributed by atoms with E-state index in [4.69, 9.17) is 20.9 Å². The summed E-state index contributed by atoms with van der Waals surface area (Å²) in [5.41, 5.74) is 0.844. The molecule has 0 amide bonds. The average Bonchev–Trinajstić information content (AvgIpc) is 3.96. The maximum atomic E-state index is 16.9. The molecule has 2 atom stereocenters. The lowest BCUT2D eigenvalue weighted by Gasteiger charge is -2.26.